The van der Waals surface area contributed by atoms with Gasteiger partial charge < -0.3 is 28.0 Å². The molecule has 348 valence electrons. The summed E-state index contributed by atoms with van der Waals surface area (Å²) in [6.07, 6.45) is 0.974. The highest BCUT2D eigenvalue weighted by Crippen LogP contribution is 2.49. The van der Waals surface area contributed by atoms with Crippen LogP contribution in [-0.2, 0) is 28.9 Å². The Morgan fingerprint density at radius 3 is 2.06 bits per heavy atom. The van der Waals surface area contributed by atoms with E-state index in [2.05, 4.69) is 72.5 Å². The number of nitriles is 1. The largest absolute Gasteiger partial charge is 0.497 e. The molecule has 3 aromatic carbocycles. The van der Waals surface area contributed by atoms with Gasteiger partial charge in [-0.2, -0.15) is 10.2 Å². The fraction of sp³-hybridized carbons (Fsp3) is 0.479. The van der Waals surface area contributed by atoms with Gasteiger partial charge in [0.2, 0.25) is 11.9 Å². The Morgan fingerprint density at radius 2 is 1.52 bits per heavy atom. The first-order valence-electron chi connectivity index (χ1n) is 22.0. The van der Waals surface area contributed by atoms with Gasteiger partial charge in [0.05, 0.1) is 52.9 Å². The minimum absolute atomic E-state index is 0.00616. The highest BCUT2D eigenvalue weighted by Gasteiger charge is 2.48. The minimum Gasteiger partial charge on any atom is -0.497 e. The van der Waals surface area contributed by atoms with Gasteiger partial charge in [-0.1, -0.05) is 68.4 Å². The lowest BCUT2D eigenvalue weighted by atomic mass is 9.79. The maximum Gasteiger partial charge on any atom is 0.280 e. The molecule has 0 spiro atoms. The number of methoxy groups -OCH3 is 2. The van der Waals surface area contributed by atoms with Gasteiger partial charge in [-0.3, -0.25) is 29.4 Å². The van der Waals surface area contributed by atoms with Crippen LogP contribution in [0.15, 0.2) is 90.0 Å². The molecule has 2 aromatic heterocycles. The zero-order chi connectivity index (χ0) is 46.9. The van der Waals surface area contributed by atoms with Crippen LogP contribution in [0.2, 0.25) is 0 Å². The van der Waals surface area contributed by atoms with Crippen molar-refractivity contribution in [2.75, 3.05) is 52.4 Å². The average Bonchev–Trinajstić information content (AvgIpc) is 3.73. The second kappa shape index (κ2) is 21.8. The molecule has 1 aliphatic rings. The van der Waals surface area contributed by atoms with E-state index >= 15 is 0 Å². The van der Waals surface area contributed by atoms with Gasteiger partial charge >= 0.3 is 0 Å². The van der Waals surface area contributed by atoms with Gasteiger partial charge in [-0.15, -0.1) is 0 Å². The molecule has 16 nitrogen and oxygen atoms in total. The Kier molecular flexibility index (Phi) is 16.5. The van der Waals surface area contributed by atoms with Crippen LogP contribution in [0.25, 0.3) is 11.2 Å². The third-order valence-corrected chi connectivity index (χ3v) is 13.4. The summed E-state index contributed by atoms with van der Waals surface area (Å²) < 4.78 is 43.5. The smallest absolute Gasteiger partial charge is 0.280 e. The molecule has 0 aliphatic carbocycles. The molecule has 3 atom stereocenters. The molecule has 3 heterocycles. The number of nitrogens with zero attached hydrogens (tertiary/aromatic N) is 6. The number of nitrogens with one attached hydrogen (secondary N) is 2. The number of imidazole rings is 1. The van der Waals surface area contributed by atoms with Gasteiger partial charge in [0.15, 0.2) is 11.2 Å². The Labute approximate surface area is 383 Å². The molecule has 5 aromatic rings. The predicted molar refractivity (Wildman–Crippen MR) is 251 cm³/mol. The van der Waals surface area contributed by atoms with Crippen molar-refractivity contribution in [3.8, 4) is 17.6 Å². The number of carbonyl (C=O) groups is 1. The third kappa shape index (κ3) is 11.2. The van der Waals surface area contributed by atoms with Crippen molar-refractivity contribution in [3.05, 3.63) is 112 Å². The molecule has 1 aliphatic heterocycles. The maximum absolute atomic E-state index is 13.4. The number of benzene rings is 3. The van der Waals surface area contributed by atoms with Crippen LogP contribution in [0.1, 0.15) is 84.7 Å². The summed E-state index contributed by atoms with van der Waals surface area (Å²) in [5.74, 6) is 0.744. The van der Waals surface area contributed by atoms with Crippen LogP contribution in [-0.4, -0.2) is 106 Å². The van der Waals surface area contributed by atoms with Crippen molar-refractivity contribution in [1.82, 2.24) is 29.1 Å². The van der Waals surface area contributed by atoms with Crippen molar-refractivity contribution in [1.29, 1.82) is 5.26 Å². The molecule has 1 unspecified atom stereocenters. The van der Waals surface area contributed by atoms with Crippen molar-refractivity contribution in [2.45, 2.75) is 97.4 Å². The molecule has 0 radical (unpaired) electrons. The minimum atomic E-state index is -1.71. The maximum atomic E-state index is 13.4. The third-order valence-electron chi connectivity index (χ3n) is 11.3. The van der Waals surface area contributed by atoms with Crippen molar-refractivity contribution < 1.29 is 32.8 Å². The first-order chi connectivity index (χ1) is 31.1. The van der Waals surface area contributed by atoms with Crippen LogP contribution >= 0.6 is 8.53 Å². The summed E-state index contributed by atoms with van der Waals surface area (Å²) in [5.41, 5.74) is -0.0551. The van der Waals surface area contributed by atoms with Crippen LogP contribution in [0.3, 0.4) is 0 Å². The predicted octanol–water partition coefficient (Wildman–Crippen LogP) is 8.01. The van der Waals surface area contributed by atoms with Crippen LogP contribution in [0.5, 0.6) is 11.5 Å². The normalized spacial score (nSPS) is 17.6. The van der Waals surface area contributed by atoms with Gasteiger partial charge in [-0.05, 0) is 82.5 Å². The van der Waals surface area contributed by atoms with E-state index in [0.29, 0.717) is 24.6 Å². The molecule has 2 N–H and O–H groups in total. The first kappa shape index (κ1) is 49.2. The average molecular weight is 911 g/mol. The number of aromatic nitrogens is 4. The molecule has 0 saturated carbocycles. The summed E-state index contributed by atoms with van der Waals surface area (Å²) in [4.78, 5) is 40.3. The number of rotatable bonds is 21. The molecule has 1 amide bonds. The Bertz CT molecular complexity index is 2360. The van der Waals surface area contributed by atoms with E-state index in [-0.39, 0.29) is 73.3 Å². The molecule has 65 heavy (non-hydrogen) atoms. The Balaban J connectivity index is 1.53. The number of carbonyl (C=O) groups excluding carboxylic acids is 1. The Hall–Kier alpha value is -5.24. The molecule has 0 bridgehead atoms. The second-order valence-electron chi connectivity index (χ2n) is 17.3. The molecular formula is C48H63N8O8P. The number of morpholine rings is 1. The van der Waals surface area contributed by atoms with E-state index in [0.717, 1.165) is 16.7 Å². The zero-order valence-corrected chi connectivity index (χ0v) is 40.0. The fourth-order valence-corrected chi connectivity index (χ4v) is 9.68. The molecule has 1 saturated heterocycles. The number of H-pyrrole nitrogens is 1. The van der Waals surface area contributed by atoms with Crippen LogP contribution < -0.4 is 20.3 Å². The molecular weight excluding hydrogens is 848 g/mol. The Morgan fingerprint density at radius 1 is 0.923 bits per heavy atom. The van der Waals surface area contributed by atoms with E-state index in [1.54, 1.807) is 39.0 Å². The summed E-state index contributed by atoms with van der Waals surface area (Å²) >= 11 is 0. The summed E-state index contributed by atoms with van der Waals surface area (Å²) in [6.45, 7) is 17.1. The lowest BCUT2D eigenvalue weighted by Gasteiger charge is -2.49. The van der Waals surface area contributed by atoms with E-state index in [1.807, 2.05) is 78.9 Å². The quantitative estimate of drug-likeness (QED) is 0.0411. The zero-order valence-electron chi connectivity index (χ0n) is 39.1. The highest BCUT2D eigenvalue weighted by atomic mass is 31.2. The molecule has 1 fully saturated rings. The lowest BCUT2D eigenvalue weighted by Crippen LogP contribution is -2.60. The molecule has 6 rings (SSSR count). The number of anilines is 1. The van der Waals surface area contributed by atoms with Gasteiger partial charge in [0.25, 0.3) is 14.1 Å². The monoisotopic (exact) mass is 910 g/mol. The number of hydrogen-bond acceptors (Lipinski definition) is 13. The number of amides is 1. The van der Waals surface area contributed by atoms with Gasteiger partial charge in [0.1, 0.15) is 28.9 Å². The topological polar surface area (TPSA) is 178 Å². The molecule has 17 heteroatoms. The lowest BCUT2D eigenvalue weighted by molar-refractivity contribution is -0.230. The number of fused-ring (bicyclic) bond motifs is 1. The standard InChI is InChI=1S/C48H63N8O8P/c1-32(2)44(57)52-46-51-43-42(45(58)53-46)50-31-55(43)41-27-54(33(3)4)28-47(64-41,30-63-65(62-26-14-25-49)56(34(5)6)35(7)8)29-61-48(36-15-12-11-13-16-36,37-17-21-39(59-9)22-18-37)38-19-23-40(60-10)24-20-38/h11-13,15-24,31-35,41H,14,26-30H2,1-10H3,(H2,51,52,53,57,58)/t41-,47+,65?/m1/s1. The summed E-state index contributed by atoms with van der Waals surface area (Å²) in [5, 5.41) is 12.2. The fourth-order valence-electron chi connectivity index (χ4n) is 7.99. The van der Waals surface area contributed by atoms with Crippen molar-refractivity contribution in [2.24, 2.45) is 5.92 Å². The number of aromatic amines is 1. The van der Waals surface area contributed by atoms with Crippen LogP contribution in [0.4, 0.5) is 5.95 Å². The van der Waals surface area contributed by atoms with Crippen LogP contribution in [0, 0.1) is 17.2 Å². The van der Waals surface area contributed by atoms with E-state index in [1.165, 1.54) is 0 Å². The van der Waals surface area contributed by atoms with E-state index in [4.69, 9.17) is 33.0 Å². The number of hydrogen-bond donors (Lipinski definition) is 2. The van der Waals surface area contributed by atoms with Crippen molar-refractivity contribution in [3.63, 3.8) is 0 Å². The van der Waals surface area contributed by atoms with E-state index in [9.17, 15) is 14.9 Å². The van der Waals surface area contributed by atoms with Gasteiger partial charge in [-0.25, -0.2) is 9.65 Å². The SMILES string of the molecule is COc1ccc(C(OC[C@]2(COP(OCCC#N)N(C(C)C)C(C)C)CN(C(C)C)C[C@H](n3cnc4c(=O)[nH]c(NC(=O)C(C)C)nc43)O2)(c2ccccc2)c2ccc(OC)cc2)cc1. The number of ether oxygens (including phenoxy) is 4. The second-order valence-corrected chi connectivity index (χ2v) is 18.7. The van der Waals surface area contributed by atoms with Gasteiger partial charge in [0, 0.05) is 37.1 Å². The first-order valence-corrected chi connectivity index (χ1v) is 23.2. The van der Waals surface area contributed by atoms with Crippen molar-refractivity contribution >= 4 is 31.5 Å². The highest BCUT2D eigenvalue weighted by molar-refractivity contribution is 7.44. The summed E-state index contributed by atoms with van der Waals surface area (Å²) in [7, 11) is 1.56. The summed E-state index contributed by atoms with van der Waals surface area (Å²) in [6, 6.07) is 28.0. The van der Waals surface area contributed by atoms with E-state index < -0.39 is 31.5 Å².